The van der Waals surface area contributed by atoms with Gasteiger partial charge in [-0.25, -0.2) is 4.79 Å². The van der Waals surface area contributed by atoms with Crippen LogP contribution in [0.15, 0.2) is 24.3 Å². The van der Waals surface area contributed by atoms with Crippen molar-refractivity contribution in [1.82, 2.24) is 4.90 Å². The van der Waals surface area contributed by atoms with Gasteiger partial charge in [0, 0.05) is 6.54 Å². The van der Waals surface area contributed by atoms with Crippen LogP contribution in [0.4, 0.5) is 0 Å². The highest BCUT2D eigenvalue weighted by Gasteiger charge is 2.47. The Morgan fingerprint density at radius 3 is 2.41 bits per heavy atom. The van der Waals surface area contributed by atoms with E-state index < -0.39 is 17.6 Å². The first-order chi connectivity index (χ1) is 10.4. The second-order valence-corrected chi connectivity index (χ2v) is 5.61. The Kier molecular flexibility index (Phi) is 4.59. The summed E-state index contributed by atoms with van der Waals surface area (Å²) in [5, 5.41) is 9.37. The van der Waals surface area contributed by atoms with E-state index in [9.17, 15) is 14.7 Å². The lowest BCUT2D eigenvalue weighted by atomic mass is 9.99. The Morgan fingerprint density at radius 1 is 1.27 bits per heavy atom. The highest BCUT2D eigenvalue weighted by molar-refractivity contribution is 5.89. The van der Waals surface area contributed by atoms with Crippen molar-refractivity contribution in [3.05, 3.63) is 24.3 Å². The maximum Gasteiger partial charge on any atom is 0.329 e. The zero-order chi connectivity index (χ0) is 16.3. The lowest BCUT2D eigenvalue weighted by Crippen LogP contribution is -2.54. The van der Waals surface area contributed by atoms with E-state index in [-0.39, 0.29) is 5.91 Å². The molecule has 0 aliphatic carbocycles. The van der Waals surface area contributed by atoms with Gasteiger partial charge in [-0.05, 0) is 51.0 Å². The molecule has 1 aromatic rings. The van der Waals surface area contributed by atoms with Crippen LogP contribution in [0.2, 0.25) is 0 Å². The minimum Gasteiger partial charge on any atom is -0.497 e. The molecule has 0 spiro atoms. The topological polar surface area (TPSA) is 76.1 Å². The predicted octanol–water partition coefficient (Wildman–Crippen LogP) is 1.93. The number of benzene rings is 1. The summed E-state index contributed by atoms with van der Waals surface area (Å²) in [6, 6.07) is 6.90. The number of aliphatic carboxylic acids is 1. The van der Waals surface area contributed by atoms with Gasteiger partial charge >= 0.3 is 5.97 Å². The van der Waals surface area contributed by atoms with Crippen molar-refractivity contribution in [3.63, 3.8) is 0 Å². The zero-order valence-corrected chi connectivity index (χ0v) is 13.0. The second kappa shape index (κ2) is 6.25. The molecule has 1 saturated heterocycles. The molecule has 1 heterocycles. The van der Waals surface area contributed by atoms with Crippen LogP contribution in [0.5, 0.6) is 11.5 Å². The van der Waals surface area contributed by atoms with E-state index in [1.54, 1.807) is 45.2 Å². The van der Waals surface area contributed by atoms with Crippen molar-refractivity contribution < 1.29 is 24.2 Å². The van der Waals surface area contributed by atoms with E-state index in [1.165, 1.54) is 4.90 Å². The van der Waals surface area contributed by atoms with Crippen molar-refractivity contribution in [1.29, 1.82) is 0 Å². The van der Waals surface area contributed by atoms with E-state index >= 15 is 0 Å². The average molecular weight is 307 g/mol. The van der Waals surface area contributed by atoms with Crippen LogP contribution in [-0.2, 0) is 9.59 Å². The Balaban J connectivity index is 2.06. The van der Waals surface area contributed by atoms with Gasteiger partial charge in [0.2, 0.25) is 0 Å². The van der Waals surface area contributed by atoms with Crippen molar-refractivity contribution >= 4 is 11.9 Å². The van der Waals surface area contributed by atoms with Crippen LogP contribution in [0.1, 0.15) is 26.7 Å². The lowest BCUT2D eigenvalue weighted by molar-refractivity contribution is -0.157. The highest BCUT2D eigenvalue weighted by Crippen LogP contribution is 2.30. The number of carboxylic acids is 1. The number of carbonyl (C=O) groups is 2. The minimum atomic E-state index is -1.14. The molecular weight excluding hydrogens is 286 g/mol. The molecule has 120 valence electrons. The maximum absolute atomic E-state index is 12.5. The Hall–Kier alpha value is -2.24. The summed E-state index contributed by atoms with van der Waals surface area (Å²) in [4.78, 5) is 25.4. The molecule has 1 amide bonds. The van der Waals surface area contributed by atoms with E-state index in [1.807, 2.05) is 0 Å². The van der Waals surface area contributed by atoms with Crippen molar-refractivity contribution in [2.24, 2.45) is 0 Å². The summed E-state index contributed by atoms with van der Waals surface area (Å²) in [5.41, 5.74) is -1.14. The van der Waals surface area contributed by atoms with Crippen molar-refractivity contribution in [2.75, 3.05) is 13.7 Å². The first-order valence-electron chi connectivity index (χ1n) is 7.24. The van der Waals surface area contributed by atoms with Gasteiger partial charge < -0.3 is 19.5 Å². The third-order valence-electron chi connectivity index (χ3n) is 4.09. The van der Waals surface area contributed by atoms with E-state index in [2.05, 4.69) is 0 Å². The fourth-order valence-corrected chi connectivity index (χ4v) is 2.67. The maximum atomic E-state index is 12.5. The van der Waals surface area contributed by atoms with Gasteiger partial charge in [0.15, 0.2) is 6.10 Å². The summed E-state index contributed by atoms with van der Waals surface area (Å²) in [7, 11) is 1.57. The van der Waals surface area contributed by atoms with Gasteiger partial charge in [0.25, 0.3) is 5.91 Å². The Labute approximate surface area is 129 Å². The normalized spacial score (nSPS) is 22.2. The van der Waals surface area contributed by atoms with Gasteiger partial charge in [0.1, 0.15) is 17.0 Å². The highest BCUT2D eigenvalue weighted by atomic mass is 16.5. The molecule has 2 atom stereocenters. The number of carbonyl (C=O) groups excluding carboxylic acids is 1. The van der Waals surface area contributed by atoms with E-state index in [0.29, 0.717) is 30.9 Å². The zero-order valence-electron chi connectivity index (χ0n) is 13.0. The number of hydrogen-bond acceptors (Lipinski definition) is 4. The minimum absolute atomic E-state index is 0.307. The molecule has 22 heavy (non-hydrogen) atoms. The fraction of sp³-hybridized carbons (Fsp3) is 0.500. The number of methoxy groups -OCH3 is 1. The number of ether oxygens (including phenoxy) is 2. The summed E-state index contributed by atoms with van der Waals surface area (Å²) in [6.07, 6.45) is 0.401. The SMILES string of the molecule is COc1ccc(OC(C)C(=O)N2CCCC2(C)C(=O)O)cc1. The molecule has 1 N–H and O–H groups in total. The van der Waals surface area contributed by atoms with Crippen LogP contribution < -0.4 is 9.47 Å². The Bertz CT molecular complexity index is 556. The third kappa shape index (κ3) is 3.00. The molecule has 1 fully saturated rings. The van der Waals surface area contributed by atoms with Crippen molar-refractivity contribution in [3.8, 4) is 11.5 Å². The molecule has 1 aliphatic rings. The standard InChI is InChI=1S/C16H21NO5/c1-11(22-13-7-5-12(21-3)6-8-13)14(18)17-10-4-9-16(17,2)15(19)20/h5-8,11H,4,9-10H2,1-3H3,(H,19,20). The van der Waals surface area contributed by atoms with Crippen LogP contribution in [0, 0.1) is 0 Å². The monoisotopic (exact) mass is 307 g/mol. The molecule has 0 bridgehead atoms. The number of carboxylic acid groups (broad SMARTS) is 1. The van der Waals surface area contributed by atoms with Crippen LogP contribution in [0.25, 0.3) is 0 Å². The molecule has 2 rings (SSSR count). The number of amides is 1. The molecule has 1 aromatic carbocycles. The summed E-state index contributed by atoms with van der Waals surface area (Å²) in [6.45, 7) is 3.66. The quantitative estimate of drug-likeness (QED) is 0.899. The van der Waals surface area contributed by atoms with E-state index in [0.717, 1.165) is 0 Å². The molecule has 6 heteroatoms. The number of nitrogens with zero attached hydrogens (tertiary/aromatic N) is 1. The largest absolute Gasteiger partial charge is 0.497 e. The number of hydrogen-bond donors (Lipinski definition) is 1. The summed E-state index contributed by atoms with van der Waals surface area (Å²) in [5.74, 6) is -0.0459. The van der Waals surface area contributed by atoms with Gasteiger partial charge in [-0.15, -0.1) is 0 Å². The Morgan fingerprint density at radius 2 is 1.86 bits per heavy atom. The van der Waals surface area contributed by atoms with E-state index in [4.69, 9.17) is 9.47 Å². The summed E-state index contributed by atoms with van der Waals surface area (Å²) < 4.78 is 10.7. The first-order valence-corrected chi connectivity index (χ1v) is 7.24. The molecule has 1 aliphatic heterocycles. The van der Waals surface area contributed by atoms with Crippen molar-refractivity contribution in [2.45, 2.75) is 38.3 Å². The molecule has 0 radical (unpaired) electrons. The summed E-state index contributed by atoms with van der Waals surface area (Å²) >= 11 is 0. The lowest BCUT2D eigenvalue weighted by Gasteiger charge is -2.33. The molecule has 0 aromatic heterocycles. The average Bonchev–Trinajstić information content (AvgIpc) is 2.90. The second-order valence-electron chi connectivity index (χ2n) is 5.61. The van der Waals surface area contributed by atoms with Gasteiger partial charge in [0.05, 0.1) is 7.11 Å². The van der Waals surface area contributed by atoms with Crippen LogP contribution in [0.3, 0.4) is 0 Å². The van der Waals surface area contributed by atoms with Gasteiger partial charge in [-0.3, -0.25) is 4.79 Å². The van der Waals surface area contributed by atoms with Crippen LogP contribution >= 0.6 is 0 Å². The number of rotatable bonds is 5. The van der Waals surface area contributed by atoms with Crippen LogP contribution in [-0.4, -0.2) is 47.2 Å². The first kappa shape index (κ1) is 16.1. The van der Waals surface area contributed by atoms with Gasteiger partial charge in [-0.1, -0.05) is 0 Å². The molecule has 0 saturated carbocycles. The van der Waals surface area contributed by atoms with Gasteiger partial charge in [-0.2, -0.15) is 0 Å². The predicted molar refractivity (Wildman–Crippen MR) is 80.1 cm³/mol. The smallest absolute Gasteiger partial charge is 0.329 e. The molecule has 2 unspecified atom stereocenters. The molecule has 6 nitrogen and oxygen atoms in total. The number of likely N-dealkylation sites (tertiary alicyclic amines) is 1. The fourth-order valence-electron chi connectivity index (χ4n) is 2.67. The third-order valence-corrected chi connectivity index (χ3v) is 4.09. The molecular formula is C16H21NO5.